The van der Waals surface area contributed by atoms with Gasteiger partial charge in [-0.25, -0.2) is 0 Å². The predicted octanol–water partition coefficient (Wildman–Crippen LogP) is 3.78. The van der Waals surface area contributed by atoms with Crippen LogP contribution in [0.5, 0.6) is 0 Å². The van der Waals surface area contributed by atoms with Crippen LogP contribution < -0.4 is 5.32 Å². The van der Waals surface area contributed by atoms with Gasteiger partial charge in [-0.3, -0.25) is 9.59 Å². The van der Waals surface area contributed by atoms with E-state index in [-0.39, 0.29) is 17.4 Å². The summed E-state index contributed by atoms with van der Waals surface area (Å²) in [6, 6.07) is 17.1. The number of aromatic nitrogens is 2. The number of thioether (sulfide) groups is 1. The van der Waals surface area contributed by atoms with Gasteiger partial charge in [-0.2, -0.15) is 0 Å². The standard InChI is InChI=1S/C21H21N3O3S/c1-15(25)22-13-5-6-16-9-11-17(12-10-16)19(26)14-28-21-24-23-20(27-21)18-7-3-2-4-8-18/h2-4,7-12H,5-6,13-14H2,1H3,(H,22,25). The molecule has 1 amide bonds. The number of rotatable bonds is 9. The highest BCUT2D eigenvalue weighted by molar-refractivity contribution is 7.99. The highest BCUT2D eigenvalue weighted by Crippen LogP contribution is 2.23. The quantitative estimate of drug-likeness (QED) is 0.337. The predicted molar refractivity (Wildman–Crippen MR) is 108 cm³/mol. The average molecular weight is 395 g/mol. The lowest BCUT2D eigenvalue weighted by molar-refractivity contribution is -0.118. The average Bonchev–Trinajstić information content (AvgIpc) is 3.19. The summed E-state index contributed by atoms with van der Waals surface area (Å²) >= 11 is 1.23. The molecule has 1 heterocycles. The van der Waals surface area contributed by atoms with E-state index in [0.717, 1.165) is 24.0 Å². The Bertz CT molecular complexity index is 924. The third-order valence-corrected chi connectivity index (χ3v) is 4.86. The van der Waals surface area contributed by atoms with Gasteiger partial charge in [-0.15, -0.1) is 10.2 Å². The minimum atomic E-state index is -0.0180. The number of carbonyl (C=O) groups excluding carboxylic acids is 2. The Kier molecular flexibility index (Phi) is 6.97. The van der Waals surface area contributed by atoms with Gasteiger partial charge in [0.05, 0.1) is 5.75 Å². The number of aryl methyl sites for hydroxylation is 1. The molecule has 0 aliphatic heterocycles. The number of benzene rings is 2. The molecule has 7 heteroatoms. The summed E-state index contributed by atoms with van der Waals surface area (Å²) in [6.07, 6.45) is 1.72. The van der Waals surface area contributed by atoms with Gasteiger partial charge in [0, 0.05) is 24.6 Å². The molecule has 0 bridgehead atoms. The second kappa shape index (κ2) is 9.85. The lowest BCUT2D eigenvalue weighted by atomic mass is 10.1. The second-order valence-corrected chi connectivity index (χ2v) is 7.16. The molecule has 28 heavy (non-hydrogen) atoms. The third kappa shape index (κ3) is 5.79. The fraction of sp³-hybridized carbons (Fsp3) is 0.238. The van der Waals surface area contributed by atoms with Crippen LogP contribution in [0.15, 0.2) is 64.2 Å². The highest BCUT2D eigenvalue weighted by Gasteiger charge is 2.12. The molecule has 6 nitrogen and oxygen atoms in total. The summed E-state index contributed by atoms with van der Waals surface area (Å²) in [5, 5.41) is 11.2. The van der Waals surface area contributed by atoms with E-state index in [0.29, 0.717) is 23.2 Å². The number of Topliss-reactive ketones (excluding diaryl/α,β-unsaturated/α-hetero) is 1. The Labute approximate surface area is 167 Å². The van der Waals surface area contributed by atoms with Crippen molar-refractivity contribution in [1.82, 2.24) is 15.5 Å². The molecule has 1 aromatic heterocycles. The zero-order valence-corrected chi connectivity index (χ0v) is 16.4. The third-order valence-electron chi connectivity index (χ3n) is 4.05. The molecular formula is C21H21N3O3S. The maximum Gasteiger partial charge on any atom is 0.277 e. The van der Waals surface area contributed by atoms with Gasteiger partial charge < -0.3 is 9.73 Å². The number of nitrogens with zero attached hydrogens (tertiary/aromatic N) is 2. The minimum Gasteiger partial charge on any atom is -0.411 e. The van der Waals surface area contributed by atoms with E-state index >= 15 is 0 Å². The lowest BCUT2D eigenvalue weighted by Gasteiger charge is -2.04. The topological polar surface area (TPSA) is 85.1 Å². The van der Waals surface area contributed by atoms with Crippen LogP contribution in [0.2, 0.25) is 0 Å². The molecule has 0 aliphatic carbocycles. The second-order valence-electron chi connectivity index (χ2n) is 6.23. The van der Waals surface area contributed by atoms with Crippen LogP contribution in [0.4, 0.5) is 0 Å². The molecule has 1 N–H and O–H groups in total. The van der Waals surface area contributed by atoms with E-state index < -0.39 is 0 Å². The first-order valence-electron chi connectivity index (χ1n) is 9.00. The van der Waals surface area contributed by atoms with Crippen molar-refractivity contribution in [2.24, 2.45) is 0 Å². The fourth-order valence-corrected chi connectivity index (χ4v) is 3.25. The first-order valence-corrected chi connectivity index (χ1v) is 9.98. The van der Waals surface area contributed by atoms with Gasteiger partial charge in [0.25, 0.3) is 5.22 Å². The van der Waals surface area contributed by atoms with Crippen molar-refractivity contribution < 1.29 is 14.0 Å². The molecule has 0 saturated heterocycles. The smallest absolute Gasteiger partial charge is 0.277 e. The summed E-state index contributed by atoms with van der Waals surface area (Å²) in [7, 11) is 0. The maximum atomic E-state index is 12.4. The van der Waals surface area contributed by atoms with Crippen LogP contribution in [-0.2, 0) is 11.2 Å². The Morgan fingerprint density at radius 3 is 2.50 bits per heavy atom. The van der Waals surface area contributed by atoms with Crippen molar-refractivity contribution in [1.29, 1.82) is 0 Å². The van der Waals surface area contributed by atoms with E-state index in [1.54, 1.807) is 0 Å². The number of nitrogens with one attached hydrogen (secondary N) is 1. The van der Waals surface area contributed by atoms with Gasteiger partial charge in [0.2, 0.25) is 11.8 Å². The van der Waals surface area contributed by atoms with Crippen molar-refractivity contribution in [2.75, 3.05) is 12.3 Å². The van der Waals surface area contributed by atoms with E-state index in [2.05, 4.69) is 15.5 Å². The number of hydrogen-bond donors (Lipinski definition) is 1. The molecule has 3 rings (SSSR count). The molecule has 0 atom stereocenters. The first-order chi connectivity index (χ1) is 13.6. The number of ketones is 1. The molecule has 0 radical (unpaired) electrons. The maximum absolute atomic E-state index is 12.4. The van der Waals surface area contributed by atoms with Gasteiger partial charge >= 0.3 is 0 Å². The number of amides is 1. The van der Waals surface area contributed by atoms with Crippen molar-refractivity contribution in [2.45, 2.75) is 25.0 Å². The summed E-state index contributed by atoms with van der Waals surface area (Å²) in [4.78, 5) is 23.2. The van der Waals surface area contributed by atoms with E-state index in [1.165, 1.54) is 18.7 Å². The van der Waals surface area contributed by atoms with Crippen molar-refractivity contribution in [3.05, 3.63) is 65.7 Å². The summed E-state index contributed by atoms with van der Waals surface area (Å²) in [5.74, 6) is 0.669. The summed E-state index contributed by atoms with van der Waals surface area (Å²) in [6.45, 7) is 2.16. The van der Waals surface area contributed by atoms with Crippen LogP contribution in [0, 0.1) is 0 Å². The Morgan fingerprint density at radius 1 is 1.04 bits per heavy atom. The zero-order valence-electron chi connectivity index (χ0n) is 15.6. The Balaban J connectivity index is 1.48. The number of hydrogen-bond acceptors (Lipinski definition) is 6. The van der Waals surface area contributed by atoms with E-state index in [9.17, 15) is 9.59 Å². The van der Waals surface area contributed by atoms with Crippen molar-refractivity contribution >= 4 is 23.5 Å². The molecule has 0 spiro atoms. The lowest BCUT2D eigenvalue weighted by Crippen LogP contribution is -2.21. The van der Waals surface area contributed by atoms with Crippen LogP contribution in [0.1, 0.15) is 29.3 Å². The molecule has 144 valence electrons. The van der Waals surface area contributed by atoms with Gasteiger partial charge in [0.1, 0.15) is 0 Å². The minimum absolute atomic E-state index is 0.00857. The van der Waals surface area contributed by atoms with Crippen LogP contribution in [0.3, 0.4) is 0 Å². The van der Waals surface area contributed by atoms with Gasteiger partial charge in [0.15, 0.2) is 5.78 Å². The van der Waals surface area contributed by atoms with Crippen molar-refractivity contribution in [3.8, 4) is 11.5 Å². The Morgan fingerprint density at radius 2 is 1.79 bits per heavy atom. The molecule has 0 fully saturated rings. The van der Waals surface area contributed by atoms with E-state index in [1.807, 2.05) is 54.6 Å². The van der Waals surface area contributed by atoms with Crippen LogP contribution in [-0.4, -0.2) is 34.2 Å². The summed E-state index contributed by atoms with van der Waals surface area (Å²) < 4.78 is 5.61. The monoisotopic (exact) mass is 395 g/mol. The molecular weight excluding hydrogens is 374 g/mol. The van der Waals surface area contributed by atoms with E-state index in [4.69, 9.17) is 4.42 Å². The largest absolute Gasteiger partial charge is 0.411 e. The fourth-order valence-electron chi connectivity index (χ4n) is 2.59. The first kappa shape index (κ1) is 19.8. The van der Waals surface area contributed by atoms with Crippen LogP contribution >= 0.6 is 11.8 Å². The Hall–Kier alpha value is -2.93. The molecule has 0 saturated carbocycles. The number of carbonyl (C=O) groups is 2. The van der Waals surface area contributed by atoms with Gasteiger partial charge in [-0.05, 0) is 30.5 Å². The van der Waals surface area contributed by atoms with Crippen molar-refractivity contribution in [3.63, 3.8) is 0 Å². The van der Waals surface area contributed by atoms with Crippen LogP contribution in [0.25, 0.3) is 11.5 Å². The molecule has 2 aromatic carbocycles. The normalized spacial score (nSPS) is 10.6. The highest BCUT2D eigenvalue weighted by atomic mass is 32.2. The molecule has 0 unspecified atom stereocenters. The van der Waals surface area contributed by atoms with Gasteiger partial charge in [-0.1, -0.05) is 54.2 Å². The SMILES string of the molecule is CC(=O)NCCCc1ccc(C(=O)CSc2nnc(-c3ccccc3)o2)cc1. The molecule has 3 aromatic rings. The zero-order chi connectivity index (χ0) is 19.8. The summed E-state index contributed by atoms with van der Waals surface area (Å²) in [5.41, 5.74) is 2.64. The molecule has 0 aliphatic rings.